The molecule has 2 aromatic carbocycles. The van der Waals surface area contributed by atoms with E-state index in [-0.39, 0.29) is 17.1 Å². The van der Waals surface area contributed by atoms with Gasteiger partial charge in [-0.3, -0.25) is 9.59 Å². The van der Waals surface area contributed by atoms with Crippen molar-refractivity contribution in [1.29, 1.82) is 0 Å². The molecule has 0 unspecified atom stereocenters. The van der Waals surface area contributed by atoms with Crippen molar-refractivity contribution in [2.24, 2.45) is 0 Å². The highest BCUT2D eigenvalue weighted by atomic mass is 35.5. The first-order valence-electron chi connectivity index (χ1n) is 7.29. The van der Waals surface area contributed by atoms with Crippen LogP contribution in [-0.4, -0.2) is 30.9 Å². The molecule has 0 aromatic heterocycles. The van der Waals surface area contributed by atoms with Gasteiger partial charge in [-0.15, -0.1) is 0 Å². The van der Waals surface area contributed by atoms with Gasteiger partial charge in [-0.1, -0.05) is 23.2 Å². The molecule has 0 aliphatic carbocycles. The molecule has 0 atom stereocenters. The summed E-state index contributed by atoms with van der Waals surface area (Å²) in [6.45, 7) is -0.933. The monoisotopic (exact) mass is 398 g/mol. The van der Waals surface area contributed by atoms with E-state index in [1.54, 1.807) is 0 Å². The number of carbonyl (C=O) groups is 3. The van der Waals surface area contributed by atoms with Gasteiger partial charge in [0.1, 0.15) is 5.82 Å². The van der Waals surface area contributed by atoms with Crippen molar-refractivity contribution in [3.63, 3.8) is 0 Å². The molecular weight excluding hydrogens is 386 g/mol. The van der Waals surface area contributed by atoms with Crippen LogP contribution in [-0.2, 0) is 14.3 Å². The van der Waals surface area contributed by atoms with Crippen molar-refractivity contribution in [2.75, 3.05) is 18.5 Å². The lowest BCUT2D eigenvalue weighted by Gasteiger charge is -2.08. The van der Waals surface area contributed by atoms with Crippen LogP contribution in [0.4, 0.5) is 10.1 Å². The maximum absolute atomic E-state index is 12.8. The number of amides is 2. The zero-order chi connectivity index (χ0) is 19.1. The van der Waals surface area contributed by atoms with E-state index in [4.69, 9.17) is 27.9 Å². The van der Waals surface area contributed by atoms with Crippen molar-refractivity contribution >= 4 is 46.7 Å². The molecule has 136 valence electrons. The Hall–Kier alpha value is -2.64. The number of rotatable bonds is 6. The van der Waals surface area contributed by atoms with E-state index in [0.717, 1.165) is 0 Å². The summed E-state index contributed by atoms with van der Waals surface area (Å²) in [5.41, 5.74) is 0.411. The van der Waals surface area contributed by atoms with Crippen LogP contribution in [0.3, 0.4) is 0 Å². The molecule has 0 radical (unpaired) electrons. The lowest BCUT2D eigenvalue weighted by molar-refractivity contribution is -0.126. The average molecular weight is 399 g/mol. The third-order valence-electron chi connectivity index (χ3n) is 3.06. The summed E-state index contributed by atoms with van der Waals surface area (Å²) in [5.74, 6) is -2.44. The predicted molar refractivity (Wildman–Crippen MR) is 94.8 cm³/mol. The lowest BCUT2D eigenvalue weighted by Crippen LogP contribution is -2.35. The fourth-order valence-electron chi connectivity index (χ4n) is 1.83. The normalized spacial score (nSPS) is 10.1. The number of anilines is 1. The third-order valence-corrected chi connectivity index (χ3v) is 3.62. The van der Waals surface area contributed by atoms with Crippen LogP contribution >= 0.6 is 23.2 Å². The Kier molecular flexibility index (Phi) is 6.94. The van der Waals surface area contributed by atoms with Crippen LogP contribution in [0, 0.1) is 5.82 Å². The molecule has 9 heteroatoms. The van der Waals surface area contributed by atoms with E-state index >= 15 is 0 Å². The zero-order valence-electron chi connectivity index (χ0n) is 13.2. The van der Waals surface area contributed by atoms with E-state index < -0.39 is 30.2 Å². The summed E-state index contributed by atoms with van der Waals surface area (Å²) >= 11 is 11.6. The summed E-state index contributed by atoms with van der Waals surface area (Å²) in [6, 6.07) is 9.40. The Labute approximate surface area is 158 Å². The third kappa shape index (κ3) is 6.02. The number of ether oxygens (including phenoxy) is 1. The number of carbonyl (C=O) groups excluding carboxylic acids is 3. The van der Waals surface area contributed by atoms with Gasteiger partial charge in [-0.25, -0.2) is 9.18 Å². The summed E-state index contributed by atoms with van der Waals surface area (Å²) in [4.78, 5) is 35.2. The number of hydrogen-bond donors (Lipinski definition) is 2. The maximum atomic E-state index is 12.8. The number of esters is 1. The largest absolute Gasteiger partial charge is 0.452 e. The summed E-state index contributed by atoms with van der Waals surface area (Å²) in [5, 5.41) is 5.19. The van der Waals surface area contributed by atoms with Crippen molar-refractivity contribution < 1.29 is 23.5 Å². The molecule has 0 spiro atoms. The van der Waals surface area contributed by atoms with E-state index in [2.05, 4.69) is 10.6 Å². The molecule has 2 rings (SSSR count). The Morgan fingerprint density at radius 3 is 2.38 bits per heavy atom. The summed E-state index contributed by atoms with van der Waals surface area (Å²) in [7, 11) is 0. The lowest BCUT2D eigenvalue weighted by atomic mass is 10.2. The topological polar surface area (TPSA) is 84.5 Å². The maximum Gasteiger partial charge on any atom is 0.340 e. The van der Waals surface area contributed by atoms with Crippen LogP contribution < -0.4 is 10.6 Å². The quantitative estimate of drug-likeness (QED) is 0.732. The van der Waals surface area contributed by atoms with Gasteiger partial charge in [0.2, 0.25) is 5.91 Å². The van der Waals surface area contributed by atoms with Gasteiger partial charge in [0, 0.05) is 10.7 Å². The van der Waals surface area contributed by atoms with E-state index in [9.17, 15) is 18.8 Å². The molecule has 0 aliphatic rings. The van der Waals surface area contributed by atoms with Crippen LogP contribution in [0.2, 0.25) is 10.0 Å². The van der Waals surface area contributed by atoms with E-state index in [1.807, 2.05) is 0 Å². The second-order valence-electron chi connectivity index (χ2n) is 5.03. The van der Waals surface area contributed by atoms with Gasteiger partial charge in [0.15, 0.2) is 6.61 Å². The fraction of sp³-hybridized carbons (Fsp3) is 0.118. The van der Waals surface area contributed by atoms with Gasteiger partial charge in [0.05, 0.1) is 17.1 Å². The first kappa shape index (κ1) is 19.7. The Morgan fingerprint density at radius 2 is 1.69 bits per heavy atom. The predicted octanol–water partition coefficient (Wildman–Crippen LogP) is 3.04. The van der Waals surface area contributed by atoms with Crippen molar-refractivity contribution in [3.05, 3.63) is 63.9 Å². The minimum Gasteiger partial charge on any atom is -0.452 e. The highest BCUT2D eigenvalue weighted by Crippen LogP contribution is 2.21. The fourth-order valence-corrected chi connectivity index (χ4v) is 2.20. The standard InChI is InChI=1S/C17H13Cl2FN2O4/c18-10-1-6-14(19)13(7-10)17(25)26-9-16(24)21-8-15(23)22-12-4-2-11(20)3-5-12/h1-7H,8-9H2,(H,21,24)(H,22,23). The van der Waals surface area contributed by atoms with Gasteiger partial charge in [0.25, 0.3) is 5.91 Å². The second-order valence-corrected chi connectivity index (χ2v) is 5.88. The number of nitrogens with one attached hydrogen (secondary N) is 2. The van der Waals surface area contributed by atoms with Gasteiger partial charge in [-0.05, 0) is 42.5 Å². The summed E-state index contributed by atoms with van der Waals surface area (Å²) in [6.07, 6.45) is 0. The molecule has 0 bridgehead atoms. The molecule has 0 fully saturated rings. The first-order chi connectivity index (χ1) is 12.3. The molecule has 26 heavy (non-hydrogen) atoms. The Bertz CT molecular complexity index is 828. The first-order valence-corrected chi connectivity index (χ1v) is 8.05. The molecule has 2 N–H and O–H groups in total. The molecule has 0 saturated carbocycles. The smallest absolute Gasteiger partial charge is 0.340 e. The van der Waals surface area contributed by atoms with Crippen LogP contribution in [0.25, 0.3) is 0 Å². The number of hydrogen-bond acceptors (Lipinski definition) is 4. The highest BCUT2D eigenvalue weighted by Gasteiger charge is 2.15. The van der Waals surface area contributed by atoms with Crippen molar-refractivity contribution in [1.82, 2.24) is 5.32 Å². The number of halogens is 3. The Morgan fingerprint density at radius 1 is 1.00 bits per heavy atom. The molecule has 0 saturated heterocycles. The minimum absolute atomic E-state index is 0.0287. The average Bonchev–Trinajstić information content (AvgIpc) is 2.62. The molecule has 2 aromatic rings. The molecule has 2 amide bonds. The van der Waals surface area contributed by atoms with Crippen molar-refractivity contribution in [2.45, 2.75) is 0 Å². The molecule has 0 heterocycles. The summed E-state index contributed by atoms with van der Waals surface area (Å²) < 4.78 is 17.6. The zero-order valence-corrected chi connectivity index (χ0v) is 14.7. The second kappa shape index (κ2) is 9.17. The molecule has 0 aliphatic heterocycles. The molecule has 6 nitrogen and oxygen atoms in total. The van der Waals surface area contributed by atoms with Gasteiger partial charge < -0.3 is 15.4 Å². The SMILES string of the molecule is O=C(COC(=O)c1cc(Cl)ccc1Cl)NCC(=O)Nc1ccc(F)cc1. The highest BCUT2D eigenvalue weighted by molar-refractivity contribution is 6.35. The van der Waals surface area contributed by atoms with Crippen LogP contribution in [0.1, 0.15) is 10.4 Å². The van der Waals surface area contributed by atoms with Gasteiger partial charge >= 0.3 is 5.97 Å². The van der Waals surface area contributed by atoms with E-state index in [1.165, 1.54) is 42.5 Å². The van der Waals surface area contributed by atoms with Crippen LogP contribution in [0.5, 0.6) is 0 Å². The van der Waals surface area contributed by atoms with Crippen LogP contribution in [0.15, 0.2) is 42.5 Å². The number of benzene rings is 2. The minimum atomic E-state index is -0.816. The van der Waals surface area contributed by atoms with Gasteiger partial charge in [-0.2, -0.15) is 0 Å². The van der Waals surface area contributed by atoms with E-state index in [0.29, 0.717) is 10.7 Å². The van der Waals surface area contributed by atoms with Crippen molar-refractivity contribution in [3.8, 4) is 0 Å². The Balaban J connectivity index is 1.76. The molecular formula is C17H13Cl2FN2O4.